The Bertz CT molecular complexity index is 769. The van der Waals surface area contributed by atoms with Crippen molar-refractivity contribution in [3.63, 3.8) is 0 Å². The molecule has 0 radical (unpaired) electrons. The summed E-state index contributed by atoms with van der Waals surface area (Å²) in [5.41, 5.74) is 1.52. The van der Waals surface area contributed by atoms with Gasteiger partial charge in [-0.25, -0.2) is 4.98 Å². The molecule has 0 aliphatic carbocycles. The molecule has 7 heteroatoms. The molecule has 0 spiro atoms. The summed E-state index contributed by atoms with van der Waals surface area (Å²) in [6.45, 7) is 5.74. The van der Waals surface area contributed by atoms with Gasteiger partial charge in [0.2, 0.25) is 0 Å². The average Bonchev–Trinajstić information content (AvgIpc) is 2.75. The van der Waals surface area contributed by atoms with E-state index in [-0.39, 0.29) is 0 Å². The molecule has 2 aromatic heterocycles. The van der Waals surface area contributed by atoms with E-state index in [0.29, 0.717) is 5.69 Å². The normalized spacial score (nSPS) is 17.9. The van der Waals surface area contributed by atoms with E-state index in [9.17, 15) is 0 Å². The molecule has 4 rings (SSSR count). The Morgan fingerprint density at radius 2 is 1.38 bits per heavy atom. The Balaban J connectivity index is 1.37. The molecule has 0 atom stereocenters. The van der Waals surface area contributed by atoms with Gasteiger partial charge in [-0.05, 0) is 43.5 Å². The highest BCUT2D eigenvalue weighted by Gasteiger charge is 2.20. The van der Waals surface area contributed by atoms with Crippen molar-refractivity contribution in [3.05, 3.63) is 36.2 Å². The van der Waals surface area contributed by atoms with E-state index in [2.05, 4.69) is 48.1 Å². The number of rotatable bonds is 3. The summed E-state index contributed by atoms with van der Waals surface area (Å²) in [5, 5.41) is 17.9. The number of hydrogen-bond acceptors (Lipinski definition) is 7. The molecule has 0 saturated carbocycles. The quantitative estimate of drug-likeness (QED) is 0.840. The number of nitriles is 1. The van der Waals surface area contributed by atoms with E-state index in [1.54, 1.807) is 6.20 Å². The van der Waals surface area contributed by atoms with E-state index < -0.39 is 0 Å². The third-order valence-electron chi connectivity index (χ3n) is 5.14. The molecule has 2 aliphatic heterocycles. The third-order valence-corrected chi connectivity index (χ3v) is 5.14. The molecule has 0 bridgehead atoms. The van der Waals surface area contributed by atoms with E-state index in [0.717, 1.165) is 56.6 Å². The Hall–Kier alpha value is -2.88. The number of pyridine rings is 1. The van der Waals surface area contributed by atoms with Gasteiger partial charge in [0.25, 0.3) is 0 Å². The minimum Gasteiger partial charge on any atom is -0.368 e. The molecule has 0 aromatic carbocycles. The zero-order chi connectivity index (χ0) is 17.8. The van der Waals surface area contributed by atoms with Gasteiger partial charge in [-0.2, -0.15) is 5.26 Å². The molecule has 2 saturated heterocycles. The monoisotopic (exact) mass is 349 g/mol. The minimum absolute atomic E-state index is 0.462. The second kappa shape index (κ2) is 7.56. The number of nitrogens with zero attached hydrogens (tertiary/aromatic N) is 7. The maximum absolute atomic E-state index is 9.01. The summed E-state index contributed by atoms with van der Waals surface area (Å²) in [4.78, 5) is 10.9. The van der Waals surface area contributed by atoms with Crippen LogP contribution in [0, 0.1) is 11.3 Å². The van der Waals surface area contributed by atoms with Gasteiger partial charge in [-0.15, -0.1) is 10.2 Å². The summed E-state index contributed by atoms with van der Waals surface area (Å²) < 4.78 is 0. The molecule has 0 N–H and O–H groups in total. The summed E-state index contributed by atoms with van der Waals surface area (Å²) in [6.07, 6.45) is 5.51. The molecular formula is C19H23N7. The van der Waals surface area contributed by atoms with Gasteiger partial charge < -0.3 is 14.7 Å². The summed E-state index contributed by atoms with van der Waals surface area (Å²) in [7, 11) is 0. The predicted molar refractivity (Wildman–Crippen MR) is 101 cm³/mol. The van der Waals surface area contributed by atoms with Crippen molar-refractivity contribution in [2.24, 2.45) is 0 Å². The fourth-order valence-corrected chi connectivity index (χ4v) is 3.65. The summed E-state index contributed by atoms with van der Waals surface area (Å²) >= 11 is 0. The van der Waals surface area contributed by atoms with Crippen molar-refractivity contribution in [1.82, 2.24) is 15.2 Å². The number of piperidine rings is 1. The van der Waals surface area contributed by atoms with E-state index in [4.69, 9.17) is 5.26 Å². The number of piperazine rings is 1. The van der Waals surface area contributed by atoms with Crippen LogP contribution in [0.15, 0.2) is 30.5 Å². The van der Waals surface area contributed by atoms with Gasteiger partial charge in [0.05, 0.1) is 0 Å². The minimum atomic E-state index is 0.462. The van der Waals surface area contributed by atoms with Gasteiger partial charge in [0, 0.05) is 51.2 Å². The highest BCUT2D eigenvalue weighted by Crippen LogP contribution is 2.21. The molecular weight excluding hydrogens is 326 g/mol. The van der Waals surface area contributed by atoms with Gasteiger partial charge >= 0.3 is 0 Å². The highest BCUT2D eigenvalue weighted by atomic mass is 15.3. The lowest BCUT2D eigenvalue weighted by Crippen LogP contribution is -2.47. The molecule has 26 heavy (non-hydrogen) atoms. The fraction of sp³-hybridized carbons (Fsp3) is 0.474. The van der Waals surface area contributed by atoms with Crippen LogP contribution in [-0.4, -0.2) is 54.4 Å². The van der Waals surface area contributed by atoms with Crippen molar-refractivity contribution in [3.8, 4) is 6.07 Å². The van der Waals surface area contributed by atoms with Crippen LogP contribution in [0.5, 0.6) is 0 Å². The molecule has 0 unspecified atom stereocenters. The molecule has 2 fully saturated rings. The predicted octanol–water partition coefficient (Wildman–Crippen LogP) is 2.06. The first-order valence-electron chi connectivity index (χ1n) is 9.28. The first kappa shape index (κ1) is 16.6. The topological polar surface area (TPSA) is 72.2 Å². The summed E-state index contributed by atoms with van der Waals surface area (Å²) in [5.74, 6) is 1.94. The van der Waals surface area contributed by atoms with Crippen LogP contribution >= 0.6 is 0 Å². The number of aromatic nitrogens is 3. The number of hydrogen-bond donors (Lipinski definition) is 0. The van der Waals surface area contributed by atoms with Gasteiger partial charge in [0.1, 0.15) is 11.8 Å². The fourth-order valence-electron chi connectivity index (χ4n) is 3.65. The van der Waals surface area contributed by atoms with Gasteiger partial charge in [-0.1, -0.05) is 0 Å². The summed E-state index contributed by atoms with van der Waals surface area (Å²) in [6, 6.07) is 10.1. The Morgan fingerprint density at radius 1 is 0.769 bits per heavy atom. The van der Waals surface area contributed by atoms with Crippen LogP contribution in [0.4, 0.5) is 17.3 Å². The molecule has 7 nitrogen and oxygen atoms in total. The lowest BCUT2D eigenvalue weighted by atomic mass is 10.1. The molecule has 134 valence electrons. The SMILES string of the molecule is N#Cc1cc(N2CCN(c3ccc(N4CCCCC4)nn3)CC2)ccn1. The number of anilines is 3. The van der Waals surface area contributed by atoms with Crippen LogP contribution < -0.4 is 14.7 Å². The highest BCUT2D eigenvalue weighted by molar-refractivity contribution is 5.51. The van der Waals surface area contributed by atoms with Crippen molar-refractivity contribution in [1.29, 1.82) is 5.26 Å². The Morgan fingerprint density at radius 3 is 2.00 bits per heavy atom. The second-order valence-corrected chi connectivity index (χ2v) is 6.78. The lowest BCUT2D eigenvalue weighted by Gasteiger charge is -2.36. The van der Waals surface area contributed by atoms with E-state index >= 15 is 0 Å². The first-order valence-corrected chi connectivity index (χ1v) is 9.28. The van der Waals surface area contributed by atoms with Crippen molar-refractivity contribution >= 4 is 17.3 Å². The zero-order valence-corrected chi connectivity index (χ0v) is 14.9. The van der Waals surface area contributed by atoms with Crippen molar-refractivity contribution < 1.29 is 0 Å². The molecule has 2 aromatic rings. The largest absolute Gasteiger partial charge is 0.368 e. The van der Waals surface area contributed by atoms with Crippen molar-refractivity contribution in [2.45, 2.75) is 19.3 Å². The Kier molecular flexibility index (Phi) is 4.82. The van der Waals surface area contributed by atoms with E-state index in [1.807, 2.05) is 12.1 Å². The van der Waals surface area contributed by atoms with Crippen LogP contribution in [0.1, 0.15) is 25.0 Å². The van der Waals surface area contributed by atoms with Crippen LogP contribution in [0.25, 0.3) is 0 Å². The maximum Gasteiger partial charge on any atom is 0.151 e. The Labute approximate surface area is 153 Å². The second-order valence-electron chi connectivity index (χ2n) is 6.78. The van der Waals surface area contributed by atoms with E-state index in [1.165, 1.54) is 19.3 Å². The zero-order valence-electron chi connectivity index (χ0n) is 14.9. The van der Waals surface area contributed by atoms with Gasteiger partial charge in [-0.3, -0.25) is 0 Å². The van der Waals surface area contributed by atoms with Crippen LogP contribution in [0.2, 0.25) is 0 Å². The average molecular weight is 349 g/mol. The first-order chi connectivity index (χ1) is 12.8. The lowest BCUT2D eigenvalue weighted by molar-refractivity contribution is 0.570. The van der Waals surface area contributed by atoms with Crippen molar-refractivity contribution in [2.75, 3.05) is 54.0 Å². The maximum atomic E-state index is 9.01. The molecule has 4 heterocycles. The third kappa shape index (κ3) is 3.54. The van der Waals surface area contributed by atoms with Crippen LogP contribution in [-0.2, 0) is 0 Å². The molecule has 0 amide bonds. The molecule has 2 aliphatic rings. The standard InChI is InChI=1S/C19H23N7/c20-15-16-14-17(6-7-21-16)24-10-12-26(13-11-24)19-5-4-18(22-23-19)25-8-2-1-3-9-25/h4-7,14H,1-3,8-13H2. The van der Waals surface area contributed by atoms with Gasteiger partial charge in [0.15, 0.2) is 11.6 Å². The van der Waals surface area contributed by atoms with Crippen LogP contribution in [0.3, 0.4) is 0 Å². The smallest absolute Gasteiger partial charge is 0.151 e.